The summed E-state index contributed by atoms with van der Waals surface area (Å²) in [6.07, 6.45) is 3.26. The number of hydrogen-bond acceptors (Lipinski definition) is 4. The number of thiazole rings is 1. The Hall–Kier alpha value is -1.21. The zero-order valence-electron chi connectivity index (χ0n) is 14.8. The van der Waals surface area contributed by atoms with Crippen LogP contribution in [0.4, 0.5) is 4.39 Å². The van der Waals surface area contributed by atoms with Crippen molar-refractivity contribution >= 4 is 42.1 Å². The van der Waals surface area contributed by atoms with Crippen LogP contribution in [0.3, 0.4) is 0 Å². The van der Waals surface area contributed by atoms with E-state index < -0.39 is 0 Å². The van der Waals surface area contributed by atoms with Gasteiger partial charge in [0.15, 0.2) is 0 Å². The molecule has 148 valence electrons. The number of fused-ring (bicyclic) bond motifs is 1. The predicted molar refractivity (Wildman–Crippen MR) is 110 cm³/mol. The minimum atomic E-state index is -0.232. The highest BCUT2D eigenvalue weighted by molar-refractivity contribution is 7.09. The molecule has 2 heterocycles. The molecule has 1 saturated carbocycles. The third kappa shape index (κ3) is 4.99. The first kappa shape index (κ1) is 22.1. The van der Waals surface area contributed by atoms with Gasteiger partial charge in [-0.05, 0) is 42.4 Å². The van der Waals surface area contributed by atoms with Gasteiger partial charge in [-0.25, -0.2) is 9.37 Å². The van der Waals surface area contributed by atoms with Gasteiger partial charge >= 0.3 is 0 Å². The molecule has 0 spiro atoms. The number of likely N-dealkylation sites (tertiary alicyclic amines) is 1. The van der Waals surface area contributed by atoms with Crippen molar-refractivity contribution in [2.24, 2.45) is 17.6 Å². The summed E-state index contributed by atoms with van der Waals surface area (Å²) in [6, 6.07) is 6.72. The molecule has 1 aliphatic carbocycles. The largest absolute Gasteiger partial charge is 0.342 e. The lowest BCUT2D eigenvalue weighted by Gasteiger charge is -2.18. The molecule has 0 radical (unpaired) electrons. The van der Waals surface area contributed by atoms with E-state index in [1.807, 2.05) is 10.3 Å². The normalized spacial score (nSPS) is 23.5. The van der Waals surface area contributed by atoms with E-state index in [9.17, 15) is 9.18 Å². The molecule has 3 unspecified atom stereocenters. The van der Waals surface area contributed by atoms with Gasteiger partial charge in [0.05, 0.1) is 17.1 Å². The van der Waals surface area contributed by atoms with Gasteiger partial charge in [0, 0.05) is 30.9 Å². The molecule has 4 rings (SSSR count). The van der Waals surface area contributed by atoms with Crippen LogP contribution in [0, 0.1) is 17.7 Å². The van der Waals surface area contributed by atoms with Crippen molar-refractivity contribution in [1.29, 1.82) is 0 Å². The van der Waals surface area contributed by atoms with E-state index in [1.54, 1.807) is 23.5 Å². The lowest BCUT2D eigenvalue weighted by molar-refractivity contribution is -0.129. The number of rotatable bonds is 4. The van der Waals surface area contributed by atoms with E-state index >= 15 is 0 Å². The van der Waals surface area contributed by atoms with Crippen molar-refractivity contribution in [2.45, 2.75) is 31.7 Å². The van der Waals surface area contributed by atoms with Crippen molar-refractivity contribution in [2.75, 3.05) is 13.1 Å². The summed E-state index contributed by atoms with van der Waals surface area (Å²) in [4.78, 5) is 19.1. The molecule has 3 atom stereocenters. The standard InChI is InChI=1S/C19H22FN3OS.2ClH/c20-14-4-1-12(2-5-14)7-18-22-15(11-25-18)8-19(24)23-9-13-3-6-17(21)16(13)10-23;;/h1-2,4-5,11,13,16-17H,3,6-10,21H2;2*1H. The highest BCUT2D eigenvalue weighted by atomic mass is 35.5. The second-order valence-corrected chi connectivity index (χ2v) is 8.12. The number of halogens is 3. The number of carbonyl (C=O) groups is 1. The predicted octanol–water partition coefficient (Wildman–Crippen LogP) is 3.45. The summed E-state index contributed by atoms with van der Waals surface area (Å²) >= 11 is 1.55. The van der Waals surface area contributed by atoms with Crippen molar-refractivity contribution in [3.8, 4) is 0 Å². The topological polar surface area (TPSA) is 59.2 Å². The molecule has 1 aromatic heterocycles. The van der Waals surface area contributed by atoms with Gasteiger partial charge in [0.1, 0.15) is 5.82 Å². The summed E-state index contributed by atoms with van der Waals surface area (Å²) < 4.78 is 13.0. The van der Waals surface area contributed by atoms with Gasteiger partial charge in [0.2, 0.25) is 5.91 Å². The summed E-state index contributed by atoms with van der Waals surface area (Å²) in [5.41, 5.74) is 8.00. The third-order valence-corrected chi connectivity index (χ3v) is 6.36. The second-order valence-electron chi connectivity index (χ2n) is 7.18. The highest BCUT2D eigenvalue weighted by Gasteiger charge is 2.42. The molecule has 1 saturated heterocycles. The van der Waals surface area contributed by atoms with Crippen LogP contribution in [0.5, 0.6) is 0 Å². The van der Waals surface area contributed by atoms with E-state index in [0.717, 1.165) is 42.2 Å². The highest BCUT2D eigenvalue weighted by Crippen LogP contribution is 2.37. The van der Waals surface area contributed by atoms with Gasteiger partial charge in [-0.15, -0.1) is 36.2 Å². The van der Waals surface area contributed by atoms with E-state index in [2.05, 4.69) is 4.98 Å². The van der Waals surface area contributed by atoms with Crippen LogP contribution in [0.1, 0.15) is 29.1 Å². The third-order valence-electron chi connectivity index (χ3n) is 5.47. The molecular formula is C19H24Cl2FN3OS. The number of aromatic nitrogens is 1. The molecular weight excluding hydrogens is 408 g/mol. The Kier molecular flexibility index (Phi) is 7.63. The summed E-state index contributed by atoms with van der Waals surface area (Å²) in [7, 11) is 0. The summed E-state index contributed by atoms with van der Waals surface area (Å²) in [6.45, 7) is 1.65. The van der Waals surface area contributed by atoms with Crippen molar-refractivity contribution in [3.63, 3.8) is 0 Å². The minimum absolute atomic E-state index is 0. The summed E-state index contributed by atoms with van der Waals surface area (Å²) in [5, 5.41) is 2.91. The van der Waals surface area contributed by atoms with E-state index in [4.69, 9.17) is 5.73 Å². The Labute approximate surface area is 175 Å². The maximum atomic E-state index is 13.0. The van der Waals surface area contributed by atoms with Crippen molar-refractivity contribution in [1.82, 2.24) is 9.88 Å². The minimum Gasteiger partial charge on any atom is -0.342 e. The molecule has 4 nitrogen and oxygen atoms in total. The average Bonchev–Trinajstić information content (AvgIpc) is 3.28. The molecule has 2 aromatic rings. The number of nitrogens with two attached hydrogens (primary N) is 1. The Bertz CT molecular complexity index is 771. The van der Waals surface area contributed by atoms with Gasteiger partial charge in [-0.2, -0.15) is 0 Å². The van der Waals surface area contributed by atoms with Crippen LogP contribution in [0.25, 0.3) is 0 Å². The van der Waals surface area contributed by atoms with Crippen LogP contribution in [-0.4, -0.2) is 34.9 Å². The first-order valence-electron chi connectivity index (χ1n) is 8.79. The average molecular weight is 432 g/mol. The van der Waals surface area contributed by atoms with Crippen LogP contribution in [0.15, 0.2) is 29.6 Å². The Morgan fingerprint density at radius 1 is 1.22 bits per heavy atom. The molecule has 1 aliphatic heterocycles. The Morgan fingerprint density at radius 3 is 2.67 bits per heavy atom. The molecule has 0 bridgehead atoms. The number of hydrogen-bond donors (Lipinski definition) is 1. The lowest BCUT2D eigenvalue weighted by Crippen LogP contribution is -2.34. The van der Waals surface area contributed by atoms with Gasteiger partial charge in [0.25, 0.3) is 0 Å². The maximum Gasteiger partial charge on any atom is 0.228 e. The Morgan fingerprint density at radius 2 is 1.96 bits per heavy atom. The van der Waals surface area contributed by atoms with Gasteiger partial charge < -0.3 is 10.6 Å². The maximum absolute atomic E-state index is 13.0. The number of amides is 1. The fraction of sp³-hybridized carbons (Fsp3) is 0.474. The van der Waals surface area contributed by atoms with Crippen LogP contribution in [-0.2, 0) is 17.6 Å². The zero-order valence-corrected chi connectivity index (χ0v) is 17.3. The molecule has 2 fully saturated rings. The second kappa shape index (κ2) is 9.32. The molecule has 8 heteroatoms. The Balaban J connectivity index is 0.00000131. The van der Waals surface area contributed by atoms with Crippen LogP contribution in [0.2, 0.25) is 0 Å². The van der Waals surface area contributed by atoms with Crippen molar-refractivity contribution < 1.29 is 9.18 Å². The SMILES string of the molecule is Cl.Cl.NC1CCC2CN(C(=O)Cc3csc(Cc4ccc(F)cc4)n3)CC12. The number of benzene rings is 1. The lowest BCUT2D eigenvalue weighted by atomic mass is 9.98. The van der Waals surface area contributed by atoms with E-state index in [-0.39, 0.29) is 42.6 Å². The molecule has 1 amide bonds. The fourth-order valence-corrected chi connectivity index (χ4v) is 4.89. The monoisotopic (exact) mass is 431 g/mol. The molecule has 2 N–H and O–H groups in total. The quantitative estimate of drug-likeness (QED) is 0.805. The van der Waals surface area contributed by atoms with E-state index in [1.165, 1.54) is 12.1 Å². The fourth-order valence-electron chi connectivity index (χ4n) is 4.07. The van der Waals surface area contributed by atoms with Crippen LogP contribution < -0.4 is 5.73 Å². The molecule has 27 heavy (non-hydrogen) atoms. The van der Waals surface area contributed by atoms with Gasteiger partial charge in [-0.3, -0.25) is 4.79 Å². The summed E-state index contributed by atoms with van der Waals surface area (Å²) in [5.74, 6) is 0.987. The van der Waals surface area contributed by atoms with Crippen LogP contribution >= 0.6 is 36.2 Å². The molecule has 2 aliphatic rings. The van der Waals surface area contributed by atoms with Crippen molar-refractivity contribution in [3.05, 3.63) is 51.7 Å². The number of nitrogens with zero attached hydrogens (tertiary/aromatic N) is 2. The number of carbonyl (C=O) groups excluding carboxylic acids is 1. The first-order chi connectivity index (χ1) is 12.1. The smallest absolute Gasteiger partial charge is 0.228 e. The van der Waals surface area contributed by atoms with E-state index in [0.29, 0.717) is 24.7 Å². The molecule has 1 aromatic carbocycles. The first-order valence-corrected chi connectivity index (χ1v) is 9.67. The van der Waals surface area contributed by atoms with Gasteiger partial charge in [-0.1, -0.05) is 12.1 Å². The zero-order chi connectivity index (χ0) is 17.4.